The first-order chi connectivity index (χ1) is 11.4. The molecule has 1 heterocycles. The fraction of sp³-hybridized carbons (Fsp3) is 0.429. The molecular weight excluding hydrogens is 332 g/mol. The maximum absolute atomic E-state index is 12.5. The molecule has 0 radical (unpaired) electrons. The van der Waals surface area contributed by atoms with Crippen LogP contribution >= 0.6 is 0 Å². The molecule has 0 aliphatic carbocycles. The number of sulfonamides is 1. The van der Waals surface area contributed by atoms with E-state index >= 15 is 0 Å². The molecule has 0 saturated heterocycles. The molecule has 0 aliphatic rings. The van der Waals surface area contributed by atoms with Crippen molar-refractivity contribution >= 4 is 15.9 Å². The molecule has 2 rings (SSSR count). The van der Waals surface area contributed by atoms with Gasteiger partial charge in [0.2, 0.25) is 15.9 Å². The molecule has 0 aliphatic heterocycles. The molecule has 24 heavy (non-hydrogen) atoms. The van der Waals surface area contributed by atoms with Crippen molar-refractivity contribution < 1.29 is 13.2 Å². The van der Waals surface area contributed by atoms with E-state index in [1.54, 1.807) is 0 Å². The molecule has 0 saturated carbocycles. The van der Waals surface area contributed by atoms with Gasteiger partial charge in [-0.15, -0.1) is 5.10 Å². The highest BCUT2D eigenvalue weighted by molar-refractivity contribution is 7.89. The summed E-state index contributed by atoms with van der Waals surface area (Å²) in [6.07, 6.45) is 1.77. The van der Waals surface area contributed by atoms with Crippen molar-refractivity contribution in [2.45, 2.75) is 12.5 Å². The predicted octanol–water partition coefficient (Wildman–Crippen LogP) is -0.535. The third-order valence-corrected chi connectivity index (χ3v) is 5.31. The zero-order chi connectivity index (χ0) is 17.6. The van der Waals surface area contributed by atoms with Crippen LogP contribution in [0, 0.1) is 0 Å². The van der Waals surface area contributed by atoms with E-state index in [1.807, 2.05) is 30.3 Å². The Labute approximate surface area is 140 Å². The number of tetrazole rings is 1. The summed E-state index contributed by atoms with van der Waals surface area (Å²) in [7, 11) is -0.451. The van der Waals surface area contributed by atoms with Crippen molar-refractivity contribution in [3.63, 3.8) is 0 Å². The molecule has 130 valence electrons. The van der Waals surface area contributed by atoms with Crippen LogP contribution in [0.2, 0.25) is 0 Å². The van der Waals surface area contributed by atoms with E-state index in [0.717, 1.165) is 9.87 Å². The lowest BCUT2D eigenvalue weighted by Gasteiger charge is -2.17. The maximum Gasteiger partial charge on any atom is 0.245 e. The Morgan fingerprint density at radius 3 is 2.58 bits per heavy atom. The van der Waals surface area contributed by atoms with Gasteiger partial charge < -0.3 is 5.32 Å². The number of hydrogen-bond donors (Lipinski definition) is 1. The van der Waals surface area contributed by atoms with Crippen LogP contribution in [-0.4, -0.2) is 65.2 Å². The van der Waals surface area contributed by atoms with E-state index in [9.17, 15) is 13.2 Å². The van der Waals surface area contributed by atoms with Gasteiger partial charge >= 0.3 is 0 Å². The maximum atomic E-state index is 12.5. The Hall–Kier alpha value is -2.33. The van der Waals surface area contributed by atoms with Crippen molar-refractivity contribution in [2.24, 2.45) is 0 Å². The summed E-state index contributed by atoms with van der Waals surface area (Å²) >= 11 is 0. The lowest BCUT2D eigenvalue weighted by molar-refractivity contribution is -0.124. The van der Waals surface area contributed by atoms with Gasteiger partial charge in [-0.2, -0.15) is 0 Å². The minimum Gasteiger partial charge on any atom is -0.353 e. The topological polar surface area (TPSA) is 110 Å². The van der Waals surface area contributed by atoms with E-state index in [0.29, 0.717) is 6.42 Å². The average Bonchev–Trinajstić information content (AvgIpc) is 3.07. The minimum absolute atomic E-state index is 0.0206. The lowest BCUT2D eigenvalue weighted by Crippen LogP contribution is -2.38. The fourth-order valence-corrected chi connectivity index (χ4v) is 2.78. The summed E-state index contributed by atoms with van der Waals surface area (Å²) in [6, 6.07) is 8.81. The van der Waals surface area contributed by atoms with Crippen LogP contribution in [0.4, 0.5) is 0 Å². The lowest BCUT2D eigenvalue weighted by atomic mass is 10.1. The van der Waals surface area contributed by atoms with Crippen LogP contribution in [0.1, 0.15) is 11.6 Å². The van der Waals surface area contributed by atoms with Gasteiger partial charge in [0.1, 0.15) is 12.4 Å². The summed E-state index contributed by atoms with van der Waals surface area (Å²) in [6.45, 7) is 0.0206. The molecule has 0 unspecified atom stereocenters. The van der Waals surface area contributed by atoms with E-state index < -0.39 is 16.1 Å². The first-order valence-electron chi connectivity index (χ1n) is 7.34. The van der Waals surface area contributed by atoms with Crippen LogP contribution in [0.15, 0.2) is 36.7 Å². The van der Waals surface area contributed by atoms with Gasteiger partial charge in [-0.1, -0.05) is 30.3 Å². The Bertz CT molecular complexity index is 746. The Morgan fingerprint density at radius 2 is 2.00 bits per heavy atom. The average molecular weight is 352 g/mol. The number of aromatic nitrogens is 4. The largest absolute Gasteiger partial charge is 0.353 e. The standard InChI is InChI=1S/C14H20N6O3S/c1-19(2)24(22,23)9-8-15-14(21)13(20-11-16-17-18-20)10-12-6-4-3-5-7-12/h3-7,11,13H,8-10H2,1-2H3,(H,15,21)/t13-/m0/s1. The molecule has 1 aromatic carbocycles. The third kappa shape index (κ3) is 4.83. The second-order valence-electron chi connectivity index (χ2n) is 5.38. The molecule has 1 N–H and O–H groups in total. The predicted molar refractivity (Wildman–Crippen MR) is 87.5 cm³/mol. The SMILES string of the molecule is CN(C)S(=O)(=O)CCNC(=O)[C@H](Cc1ccccc1)n1cnnn1. The number of carbonyl (C=O) groups is 1. The van der Waals surface area contributed by atoms with Crippen LogP contribution in [0.25, 0.3) is 0 Å². The second kappa shape index (κ2) is 7.97. The summed E-state index contributed by atoms with van der Waals surface area (Å²) in [5, 5.41) is 13.5. The number of benzene rings is 1. The van der Waals surface area contributed by atoms with Crippen molar-refractivity contribution in [1.82, 2.24) is 29.8 Å². The van der Waals surface area contributed by atoms with Gasteiger partial charge in [-0.25, -0.2) is 17.4 Å². The molecule has 1 aromatic heterocycles. The highest BCUT2D eigenvalue weighted by atomic mass is 32.2. The Morgan fingerprint density at radius 1 is 1.29 bits per heavy atom. The number of amides is 1. The zero-order valence-electron chi connectivity index (χ0n) is 13.5. The summed E-state index contributed by atoms with van der Waals surface area (Å²) < 4.78 is 26.0. The van der Waals surface area contributed by atoms with Gasteiger partial charge in [0, 0.05) is 27.1 Å². The van der Waals surface area contributed by atoms with Gasteiger partial charge in [0.05, 0.1) is 5.75 Å². The van der Waals surface area contributed by atoms with Gasteiger partial charge in [0.15, 0.2) is 0 Å². The van der Waals surface area contributed by atoms with E-state index in [-0.39, 0.29) is 18.2 Å². The minimum atomic E-state index is -3.36. The number of nitrogens with one attached hydrogen (secondary N) is 1. The zero-order valence-corrected chi connectivity index (χ0v) is 14.3. The third-order valence-electron chi connectivity index (χ3n) is 3.47. The van der Waals surface area contributed by atoms with Crippen LogP contribution in [0.5, 0.6) is 0 Å². The highest BCUT2D eigenvalue weighted by Crippen LogP contribution is 2.13. The van der Waals surface area contributed by atoms with Gasteiger partial charge in [0.25, 0.3) is 0 Å². The monoisotopic (exact) mass is 352 g/mol. The van der Waals surface area contributed by atoms with Crippen molar-refractivity contribution in [1.29, 1.82) is 0 Å². The quantitative estimate of drug-likeness (QED) is 0.683. The molecule has 1 amide bonds. The smallest absolute Gasteiger partial charge is 0.245 e. The molecule has 0 fully saturated rings. The van der Waals surface area contributed by atoms with Gasteiger partial charge in [-0.05, 0) is 16.0 Å². The molecule has 0 bridgehead atoms. The first-order valence-corrected chi connectivity index (χ1v) is 8.95. The van der Waals surface area contributed by atoms with Gasteiger partial charge in [-0.3, -0.25) is 4.79 Å². The first kappa shape index (κ1) is 18.0. The van der Waals surface area contributed by atoms with Crippen LogP contribution in [-0.2, 0) is 21.2 Å². The molecule has 10 heteroatoms. The Balaban J connectivity index is 2.03. The summed E-state index contributed by atoms with van der Waals surface area (Å²) in [4.78, 5) is 12.5. The van der Waals surface area contributed by atoms with E-state index in [1.165, 1.54) is 25.1 Å². The van der Waals surface area contributed by atoms with Crippen LogP contribution in [0.3, 0.4) is 0 Å². The highest BCUT2D eigenvalue weighted by Gasteiger charge is 2.23. The molecule has 9 nitrogen and oxygen atoms in total. The van der Waals surface area contributed by atoms with E-state index in [4.69, 9.17) is 0 Å². The summed E-state index contributed by atoms with van der Waals surface area (Å²) in [5.74, 6) is -0.500. The molecular formula is C14H20N6O3S. The molecule has 2 aromatic rings. The normalized spacial score (nSPS) is 13.0. The van der Waals surface area contributed by atoms with Crippen LogP contribution < -0.4 is 5.32 Å². The number of nitrogens with zero attached hydrogens (tertiary/aromatic N) is 5. The molecule has 0 spiro atoms. The van der Waals surface area contributed by atoms with Crippen molar-refractivity contribution in [2.75, 3.05) is 26.4 Å². The number of rotatable bonds is 8. The number of carbonyl (C=O) groups excluding carboxylic acids is 1. The van der Waals surface area contributed by atoms with Crippen molar-refractivity contribution in [3.8, 4) is 0 Å². The number of hydrogen-bond acceptors (Lipinski definition) is 6. The fourth-order valence-electron chi connectivity index (χ4n) is 2.06. The second-order valence-corrected chi connectivity index (χ2v) is 7.69. The molecule has 1 atom stereocenters. The van der Waals surface area contributed by atoms with E-state index in [2.05, 4.69) is 20.8 Å². The summed E-state index contributed by atoms with van der Waals surface area (Å²) in [5.41, 5.74) is 0.953. The Kier molecular flexibility index (Phi) is 5.99. The van der Waals surface area contributed by atoms with Crippen molar-refractivity contribution in [3.05, 3.63) is 42.2 Å².